The SMILES string of the molecule is C(=Nc1cc2c(cc1/C=C/c1ccccc1)CC(c1ccccc1)N2)c1ccccc1. The van der Waals surface area contributed by atoms with E-state index in [1.54, 1.807) is 0 Å². The minimum absolute atomic E-state index is 0.301. The molecule has 2 heteroatoms. The van der Waals surface area contributed by atoms with Crippen LogP contribution in [-0.2, 0) is 6.42 Å². The van der Waals surface area contributed by atoms with E-state index in [1.807, 2.05) is 30.5 Å². The standard InChI is InChI=1S/C29H24N2/c1-4-10-22(11-5-1)16-17-25-18-26-19-28(24-14-8-3-9-15-24)31-29(26)20-27(25)30-21-23-12-6-2-7-13-23/h1-18,20-21,28,31H,19H2/b17-16+,30-21?. The van der Waals surface area contributed by atoms with E-state index in [4.69, 9.17) is 4.99 Å². The van der Waals surface area contributed by atoms with Crippen LogP contribution < -0.4 is 5.32 Å². The second-order valence-corrected chi connectivity index (χ2v) is 7.79. The molecule has 0 spiro atoms. The van der Waals surface area contributed by atoms with Gasteiger partial charge >= 0.3 is 0 Å². The van der Waals surface area contributed by atoms with Crippen LogP contribution in [0.25, 0.3) is 12.2 Å². The average molecular weight is 401 g/mol. The number of hydrogen-bond donors (Lipinski definition) is 1. The van der Waals surface area contributed by atoms with Crippen molar-refractivity contribution in [1.29, 1.82) is 0 Å². The topological polar surface area (TPSA) is 24.4 Å². The van der Waals surface area contributed by atoms with Crippen molar-refractivity contribution in [2.45, 2.75) is 12.5 Å². The number of benzene rings is 4. The molecular formula is C29H24N2. The Balaban J connectivity index is 1.50. The Hall–Kier alpha value is -3.91. The molecule has 0 bridgehead atoms. The molecule has 0 aliphatic carbocycles. The first-order valence-electron chi connectivity index (χ1n) is 10.7. The summed E-state index contributed by atoms with van der Waals surface area (Å²) in [5.41, 5.74) is 8.19. The highest BCUT2D eigenvalue weighted by Crippen LogP contribution is 2.39. The number of anilines is 1. The van der Waals surface area contributed by atoms with Gasteiger partial charge in [-0.2, -0.15) is 0 Å². The van der Waals surface area contributed by atoms with Gasteiger partial charge in [0, 0.05) is 17.5 Å². The van der Waals surface area contributed by atoms with Crippen LogP contribution in [0.3, 0.4) is 0 Å². The van der Waals surface area contributed by atoms with Crippen LogP contribution in [0.4, 0.5) is 11.4 Å². The predicted molar refractivity (Wildman–Crippen MR) is 132 cm³/mol. The Morgan fingerprint density at radius 2 is 1.35 bits per heavy atom. The Bertz CT molecular complexity index is 1130. The Morgan fingerprint density at radius 3 is 2.06 bits per heavy atom. The van der Waals surface area contributed by atoms with Gasteiger partial charge < -0.3 is 5.32 Å². The van der Waals surface area contributed by atoms with Gasteiger partial charge in [0.05, 0.1) is 11.7 Å². The van der Waals surface area contributed by atoms with Crippen LogP contribution in [0.2, 0.25) is 0 Å². The highest BCUT2D eigenvalue weighted by atomic mass is 15.0. The van der Waals surface area contributed by atoms with Crippen LogP contribution in [0, 0.1) is 0 Å². The number of rotatable bonds is 5. The van der Waals surface area contributed by atoms with Crippen molar-refractivity contribution in [1.82, 2.24) is 0 Å². The van der Waals surface area contributed by atoms with Crippen molar-refractivity contribution in [3.63, 3.8) is 0 Å². The fourth-order valence-corrected chi connectivity index (χ4v) is 3.98. The van der Waals surface area contributed by atoms with Crippen LogP contribution in [0.15, 0.2) is 108 Å². The first kappa shape index (κ1) is 19.1. The largest absolute Gasteiger partial charge is 0.378 e. The van der Waals surface area contributed by atoms with Crippen LogP contribution >= 0.6 is 0 Å². The lowest BCUT2D eigenvalue weighted by Crippen LogP contribution is -2.04. The maximum Gasteiger partial charge on any atom is 0.0722 e. The zero-order valence-corrected chi connectivity index (χ0v) is 17.3. The first-order valence-corrected chi connectivity index (χ1v) is 10.7. The number of nitrogens with zero attached hydrogens (tertiary/aromatic N) is 1. The van der Waals surface area contributed by atoms with Gasteiger partial charge in [-0.05, 0) is 40.8 Å². The van der Waals surface area contributed by atoms with Gasteiger partial charge in [0.1, 0.15) is 0 Å². The molecule has 1 N–H and O–H groups in total. The van der Waals surface area contributed by atoms with Crippen molar-refractivity contribution < 1.29 is 0 Å². The smallest absolute Gasteiger partial charge is 0.0722 e. The average Bonchev–Trinajstić information content (AvgIpc) is 3.26. The lowest BCUT2D eigenvalue weighted by molar-refractivity contribution is 0.824. The van der Waals surface area contributed by atoms with Crippen molar-refractivity contribution in [2.75, 3.05) is 5.32 Å². The molecule has 1 atom stereocenters. The molecule has 1 heterocycles. The maximum absolute atomic E-state index is 4.85. The number of aliphatic imine (C=N–C) groups is 1. The molecule has 4 aromatic rings. The minimum Gasteiger partial charge on any atom is -0.378 e. The van der Waals surface area contributed by atoms with Gasteiger partial charge in [-0.3, -0.25) is 4.99 Å². The molecule has 0 aromatic heterocycles. The monoisotopic (exact) mass is 400 g/mol. The quantitative estimate of drug-likeness (QED) is 0.275. The molecule has 31 heavy (non-hydrogen) atoms. The Labute approximate surface area is 183 Å². The van der Waals surface area contributed by atoms with Crippen molar-refractivity contribution in [2.24, 2.45) is 4.99 Å². The number of hydrogen-bond acceptors (Lipinski definition) is 2. The second-order valence-electron chi connectivity index (χ2n) is 7.79. The Kier molecular flexibility index (Phi) is 5.44. The third kappa shape index (κ3) is 4.49. The summed E-state index contributed by atoms with van der Waals surface area (Å²) in [6, 6.07) is 36.0. The molecule has 0 amide bonds. The van der Waals surface area contributed by atoms with E-state index in [0.717, 1.165) is 23.2 Å². The van der Waals surface area contributed by atoms with E-state index < -0.39 is 0 Å². The lowest BCUT2D eigenvalue weighted by atomic mass is 10.0. The minimum atomic E-state index is 0.301. The van der Waals surface area contributed by atoms with Gasteiger partial charge in [0.15, 0.2) is 0 Å². The van der Waals surface area contributed by atoms with E-state index in [0.29, 0.717) is 6.04 Å². The third-order valence-corrected chi connectivity index (χ3v) is 5.62. The molecule has 0 saturated heterocycles. The fraction of sp³-hybridized carbons (Fsp3) is 0.0690. The number of fused-ring (bicyclic) bond motifs is 1. The van der Waals surface area contributed by atoms with Gasteiger partial charge in [-0.1, -0.05) is 103 Å². The lowest BCUT2D eigenvalue weighted by Gasteiger charge is -2.11. The summed E-state index contributed by atoms with van der Waals surface area (Å²) in [6.45, 7) is 0. The van der Waals surface area contributed by atoms with E-state index in [-0.39, 0.29) is 0 Å². The summed E-state index contributed by atoms with van der Waals surface area (Å²) in [5.74, 6) is 0. The third-order valence-electron chi connectivity index (χ3n) is 5.62. The first-order chi connectivity index (χ1) is 15.3. The predicted octanol–water partition coefficient (Wildman–Crippen LogP) is 7.32. The summed E-state index contributed by atoms with van der Waals surface area (Å²) < 4.78 is 0. The highest BCUT2D eigenvalue weighted by molar-refractivity contribution is 5.86. The normalized spacial score (nSPS) is 15.3. The Morgan fingerprint density at radius 1 is 0.710 bits per heavy atom. The summed E-state index contributed by atoms with van der Waals surface area (Å²) >= 11 is 0. The molecule has 0 radical (unpaired) electrons. The fourth-order valence-electron chi connectivity index (χ4n) is 3.98. The van der Waals surface area contributed by atoms with Crippen molar-refractivity contribution >= 4 is 29.7 Å². The van der Waals surface area contributed by atoms with Crippen molar-refractivity contribution in [3.05, 3.63) is 131 Å². The highest BCUT2D eigenvalue weighted by Gasteiger charge is 2.23. The van der Waals surface area contributed by atoms with Gasteiger partial charge in [0.25, 0.3) is 0 Å². The number of nitrogens with one attached hydrogen (secondary N) is 1. The van der Waals surface area contributed by atoms with Crippen LogP contribution in [0.5, 0.6) is 0 Å². The molecule has 150 valence electrons. The van der Waals surface area contributed by atoms with Gasteiger partial charge in [0.2, 0.25) is 0 Å². The molecule has 0 saturated carbocycles. The summed E-state index contributed by atoms with van der Waals surface area (Å²) in [4.78, 5) is 4.85. The maximum atomic E-state index is 4.85. The van der Waals surface area contributed by atoms with Gasteiger partial charge in [-0.25, -0.2) is 0 Å². The van der Waals surface area contributed by atoms with E-state index in [1.165, 1.54) is 22.4 Å². The molecule has 1 aliphatic heterocycles. The summed E-state index contributed by atoms with van der Waals surface area (Å²) in [6.07, 6.45) is 7.24. The molecule has 2 nitrogen and oxygen atoms in total. The molecule has 5 rings (SSSR count). The summed E-state index contributed by atoms with van der Waals surface area (Å²) in [5, 5.41) is 3.69. The zero-order chi connectivity index (χ0) is 20.9. The zero-order valence-electron chi connectivity index (χ0n) is 17.3. The van der Waals surface area contributed by atoms with Crippen LogP contribution in [-0.4, -0.2) is 6.21 Å². The van der Waals surface area contributed by atoms with Crippen molar-refractivity contribution in [3.8, 4) is 0 Å². The second kappa shape index (κ2) is 8.85. The van der Waals surface area contributed by atoms with Crippen LogP contribution in [0.1, 0.15) is 33.9 Å². The van der Waals surface area contributed by atoms with E-state index in [9.17, 15) is 0 Å². The molecule has 0 fully saturated rings. The van der Waals surface area contributed by atoms with Gasteiger partial charge in [-0.15, -0.1) is 0 Å². The molecule has 4 aromatic carbocycles. The van der Waals surface area contributed by atoms with E-state index in [2.05, 4.69) is 96.3 Å². The molecular weight excluding hydrogens is 376 g/mol. The molecule has 1 unspecified atom stereocenters. The van der Waals surface area contributed by atoms with E-state index >= 15 is 0 Å². The summed E-state index contributed by atoms with van der Waals surface area (Å²) in [7, 11) is 0. The molecule has 1 aliphatic rings.